The van der Waals surface area contributed by atoms with Gasteiger partial charge < -0.3 is 27.5 Å². The summed E-state index contributed by atoms with van der Waals surface area (Å²) in [5.41, 5.74) is 4.61. The maximum Gasteiger partial charge on any atom is 0.229 e. The third-order valence-electron chi connectivity index (χ3n) is 8.87. The van der Waals surface area contributed by atoms with E-state index in [1.54, 1.807) is 0 Å². The SMILES string of the molecule is CCCCCCCCCCCCCCCC1([NH3+])OC1(CC)CCCCCCCCCCCCCC.[Br-]. The van der Waals surface area contributed by atoms with Gasteiger partial charge in [-0.05, 0) is 19.3 Å². The van der Waals surface area contributed by atoms with E-state index in [2.05, 4.69) is 26.5 Å². The van der Waals surface area contributed by atoms with E-state index in [-0.39, 0.29) is 28.3 Å². The number of hydrogen-bond donors (Lipinski definition) is 1. The predicted molar refractivity (Wildman–Crippen MR) is 156 cm³/mol. The van der Waals surface area contributed by atoms with Crippen molar-refractivity contribution in [3.05, 3.63) is 0 Å². The molecule has 3 heteroatoms. The average molecular weight is 575 g/mol. The number of hydrogen-bond acceptors (Lipinski definition) is 1. The van der Waals surface area contributed by atoms with E-state index in [0.29, 0.717) is 0 Å². The van der Waals surface area contributed by atoms with E-state index in [1.165, 1.54) is 173 Å². The number of epoxide rings is 1. The third kappa shape index (κ3) is 17.1. The Bertz CT molecular complexity index is 459. The van der Waals surface area contributed by atoms with Crippen molar-refractivity contribution in [2.75, 3.05) is 0 Å². The predicted octanol–water partition coefficient (Wildman–Crippen LogP) is 7.68. The minimum Gasteiger partial charge on any atom is -1.00 e. The molecule has 0 bridgehead atoms. The lowest BCUT2D eigenvalue weighted by Crippen LogP contribution is -3.00. The largest absolute Gasteiger partial charge is 1.00 e. The highest BCUT2D eigenvalue weighted by Gasteiger charge is 2.69. The van der Waals surface area contributed by atoms with Gasteiger partial charge in [0.25, 0.3) is 0 Å². The molecule has 1 fully saturated rings. The van der Waals surface area contributed by atoms with Crippen molar-refractivity contribution in [1.29, 1.82) is 0 Å². The van der Waals surface area contributed by atoms with Gasteiger partial charge in [-0.2, -0.15) is 0 Å². The smallest absolute Gasteiger partial charge is 0.229 e. The normalized spacial score (nSPS) is 21.0. The molecule has 0 aromatic rings. The Morgan fingerprint density at radius 2 is 0.694 bits per heavy atom. The molecule has 0 radical (unpaired) electrons. The van der Waals surface area contributed by atoms with Gasteiger partial charge in [-0.25, -0.2) is 0 Å². The average Bonchev–Trinajstić information content (AvgIpc) is 3.46. The first kappa shape index (κ1) is 36.4. The van der Waals surface area contributed by atoms with E-state index in [0.717, 1.165) is 6.42 Å². The molecule has 0 aliphatic carbocycles. The minimum absolute atomic E-state index is 0. The molecule has 36 heavy (non-hydrogen) atoms. The summed E-state index contributed by atoms with van der Waals surface area (Å²) in [6.45, 7) is 6.92. The molecule has 1 heterocycles. The molecule has 2 nitrogen and oxygen atoms in total. The Kier molecular flexibility index (Phi) is 24.7. The second kappa shape index (κ2) is 24.4. The zero-order valence-electron chi connectivity index (χ0n) is 25.3. The number of ether oxygens (including phenoxy) is 1. The van der Waals surface area contributed by atoms with Crippen LogP contribution in [0.2, 0.25) is 0 Å². The molecule has 2 atom stereocenters. The lowest BCUT2D eigenvalue weighted by molar-refractivity contribution is -0.474. The van der Waals surface area contributed by atoms with Crippen LogP contribution in [0.4, 0.5) is 0 Å². The highest BCUT2D eigenvalue weighted by atomic mass is 79.9. The lowest BCUT2D eigenvalue weighted by atomic mass is 9.88. The van der Waals surface area contributed by atoms with Gasteiger partial charge in [0, 0.05) is 6.42 Å². The van der Waals surface area contributed by atoms with E-state index in [1.807, 2.05) is 0 Å². The van der Waals surface area contributed by atoms with E-state index in [9.17, 15) is 0 Å². The number of rotatable bonds is 28. The molecule has 0 saturated carbocycles. The van der Waals surface area contributed by atoms with Crippen LogP contribution in [0.25, 0.3) is 0 Å². The quantitative estimate of drug-likeness (QED) is 0.0756. The Labute approximate surface area is 238 Å². The molecule has 0 amide bonds. The molecular formula is C33H68BrNO. The molecule has 2 unspecified atom stereocenters. The Morgan fingerprint density at radius 3 is 1.00 bits per heavy atom. The first-order chi connectivity index (χ1) is 17.1. The van der Waals surface area contributed by atoms with Crippen molar-refractivity contribution in [2.45, 2.75) is 212 Å². The van der Waals surface area contributed by atoms with Gasteiger partial charge in [-0.15, -0.1) is 0 Å². The first-order valence-corrected chi connectivity index (χ1v) is 16.7. The van der Waals surface area contributed by atoms with Crippen LogP contribution in [0.1, 0.15) is 201 Å². The molecular weight excluding hydrogens is 506 g/mol. The van der Waals surface area contributed by atoms with Gasteiger partial charge in [-0.3, -0.25) is 0 Å². The number of unbranched alkanes of at least 4 members (excludes halogenated alkanes) is 23. The maximum atomic E-state index is 6.34. The monoisotopic (exact) mass is 573 g/mol. The summed E-state index contributed by atoms with van der Waals surface area (Å²) in [6, 6.07) is 0. The summed E-state index contributed by atoms with van der Waals surface area (Å²) in [4.78, 5) is 0. The van der Waals surface area contributed by atoms with Crippen LogP contribution >= 0.6 is 0 Å². The zero-order valence-corrected chi connectivity index (χ0v) is 26.9. The fourth-order valence-electron chi connectivity index (χ4n) is 6.16. The third-order valence-corrected chi connectivity index (χ3v) is 8.87. The van der Waals surface area contributed by atoms with Gasteiger partial charge in [-0.1, -0.05) is 175 Å². The Hall–Kier alpha value is 0.400. The summed E-state index contributed by atoms with van der Waals surface area (Å²) in [6.07, 6.45) is 39.1. The zero-order chi connectivity index (χ0) is 25.5. The standard InChI is InChI=1S/C33H67NO.BrH/c1-4-7-9-11-13-15-17-19-21-23-25-27-29-31-33(34)32(6-3,35-33)30-28-26-24-22-20-18-16-14-12-10-8-5-2;/h4-31,34H2,1-3H3;1H. The van der Waals surface area contributed by atoms with Crippen LogP contribution in [0.5, 0.6) is 0 Å². The van der Waals surface area contributed by atoms with Crippen LogP contribution in [0.15, 0.2) is 0 Å². The lowest BCUT2D eigenvalue weighted by Gasteiger charge is -2.13. The van der Waals surface area contributed by atoms with Gasteiger partial charge in [0.15, 0.2) is 5.60 Å². The minimum atomic E-state index is -0.0582. The summed E-state index contributed by atoms with van der Waals surface area (Å²) in [5, 5.41) is 0. The fraction of sp³-hybridized carbons (Fsp3) is 1.00. The van der Waals surface area contributed by atoms with Crippen molar-refractivity contribution in [2.24, 2.45) is 0 Å². The molecule has 1 aliphatic rings. The fourth-order valence-corrected chi connectivity index (χ4v) is 6.16. The van der Waals surface area contributed by atoms with Crippen molar-refractivity contribution >= 4 is 0 Å². The highest BCUT2D eigenvalue weighted by Crippen LogP contribution is 2.51. The molecule has 3 N–H and O–H groups in total. The van der Waals surface area contributed by atoms with Crippen LogP contribution in [-0.4, -0.2) is 11.3 Å². The molecule has 1 rings (SSSR count). The topological polar surface area (TPSA) is 40.2 Å². The van der Waals surface area contributed by atoms with Gasteiger partial charge in [0.1, 0.15) is 0 Å². The summed E-state index contributed by atoms with van der Waals surface area (Å²) in [5.74, 6) is 0. The molecule has 1 aliphatic heterocycles. The second-order valence-corrected chi connectivity index (χ2v) is 12.1. The van der Waals surface area contributed by atoms with Crippen molar-refractivity contribution in [3.8, 4) is 0 Å². The van der Waals surface area contributed by atoms with Crippen molar-refractivity contribution in [3.63, 3.8) is 0 Å². The van der Waals surface area contributed by atoms with Crippen molar-refractivity contribution in [1.82, 2.24) is 0 Å². The number of halogens is 1. The molecule has 218 valence electrons. The van der Waals surface area contributed by atoms with Crippen LogP contribution in [0, 0.1) is 0 Å². The van der Waals surface area contributed by atoms with Gasteiger partial charge in [0.05, 0.1) is 0 Å². The first-order valence-electron chi connectivity index (χ1n) is 16.7. The highest BCUT2D eigenvalue weighted by molar-refractivity contribution is 5.06. The van der Waals surface area contributed by atoms with Gasteiger partial charge >= 0.3 is 0 Å². The summed E-state index contributed by atoms with van der Waals surface area (Å²) < 4.78 is 6.34. The summed E-state index contributed by atoms with van der Waals surface area (Å²) >= 11 is 0. The second-order valence-electron chi connectivity index (χ2n) is 12.1. The van der Waals surface area contributed by atoms with Crippen LogP contribution in [-0.2, 0) is 4.74 Å². The summed E-state index contributed by atoms with van der Waals surface area (Å²) in [7, 11) is 0. The Morgan fingerprint density at radius 1 is 0.417 bits per heavy atom. The van der Waals surface area contributed by atoms with E-state index >= 15 is 0 Å². The molecule has 0 aromatic heterocycles. The van der Waals surface area contributed by atoms with Crippen LogP contribution in [0.3, 0.4) is 0 Å². The Balaban J connectivity index is 0.0000122. The molecule has 1 saturated heterocycles. The van der Waals surface area contributed by atoms with E-state index < -0.39 is 0 Å². The van der Waals surface area contributed by atoms with Crippen LogP contribution < -0.4 is 22.7 Å². The van der Waals surface area contributed by atoms with E-state index in [4.69, 9.17) is 4.74 Å². The number of quaternary nitrogens is 1. The van der Waals surface area contributed by atoms with Crippen molar-refractivity contribution < 1.29 is 27.5 Å². The molecule has 0 spiro atoms. The molecule has 0 aromatic carbocycles. The maximum absolute atomic E-state index is 6.34. The van der Waals surface area contributed by atoms with Gasteiger partial charge in [0.2, 0.25) is 5.72 Å².